The minimum Gasteiger partial charge on any atom is -0.296 e. The molecule has 0 radical (unpaired) electrons. The number of carbonyl (C=O) groups excluding carboxylic acids is 1. The molecule has 0 spiro atoms. The van der Waals surface area contributed by atoms with Crippen molar-refractivity contribution in [2.45, 2.75) is 13.8 Å². The molecule has 0 aliphatic heterocycles. The number of hydrogen-bond donors (Lipinski definition) is 0. The molecule has 3 aromatic rings. The van der Waals surface area contributed by atoms with Gasteiger partial charge in [-0.3, -0.25) is 9.20 Å². The van der Waals surface area contributed by atoms with E-state index in [1.165, 1.54) is 11.1 Å². The molecule has 2 aromatic heterocycles. The van der Waals surface area contributed by atoms with Crippen molar-refractivity contribution >= 4 is 23.5 Å². The second-order valence-electron chi connectivity index (χ2n) is 4.84. The van der Waals surface area contributed by atoms with Crippen molar-refractivity contribution < 1.29 is 4.79 Å². The quantitative estimate of drug-likeness (QED) is 0.665. The van der Waals surface area contributed by atoms with Gasteiger partial charge in [0.15, 0.2) is 6.29 Å². The molecule has 2 heterocycles. The third kappa shape index (κ3) is 2.00. The van der Waals surface area contributed by atoms with Gasteiger partial charge >= 0.3 is 0 Å². The summed E-state index contributed by atoms with van der Waals surface area (Å²) in [5.74, 6) is 0. The van der Waals surface area contributed by atoms with Crippen molar-refractivity contribution in [1.82, 2.24) is 9.38 Å². The van der Waals surface area contributed by atoms with E-state index in [-0.39, 0.29) is 0 Å². The maximum Gasteiger partial charge on any atom is 0.169 e. The first-order valence-electron chi connectivity index (χ1n) is 6.30. The van der Waals surface area contributed by atoms with Crippen LogP contribution in [0.5, 0.6) is 0 Å². The number of nitrogens with zero attached hydrogens (tertiary/aromatic N) is 2. The largest absolute Gasteiger partial charge is 0.296 e. The third-order valence-electron chi connectivity index (χ3n) is 3.51. The molecule has 4 heteroatoms. The van der Waals surface area contributed by atoms with Crippen LogP contribution in [-0.4, -0.2) is 15.7 Å². The first-order valence-corrected chi connectivity index (χ1v) is 6.68. The number of hydrogen-bond acceptors (Lipinski definition) is 2. The first-order chi connectivity index (χ1) is 9.60. The van der Waals surface area contributed by atoms with Crippen molar-refractivity contribution in [3.63, 3.8) is 0 Å². The van der Waals surface area contributed by atoms with E-state index in [1.54, 1.807) is 22.7 Å². The van der Waals surface area contributed by atoms with E-state index in [2.05, 4.69) is 11.9 Å². The fourth-order valence-corrected chi connectivity index (χ4v) is 2.41. The van der Waals surface area contributed by atoms with E-state index >= 15 is 0 Å². The topological polar surface area (TPSA) is 34.4 Å². The Labute approximate surface area is 121 Å². The fraction of sp³-hybridized carbons (Fsp3) is 0.125. The second-order valence-corrected chi connectivity index (χ2v) is 5.27. The summed E-state index contributed by atoms with van der Waals surface area (Å²) >= 11 is 5.98. The van der Waals surface area contributed by atoms with Gasteiger partial charge in [0.1, 0.15) is 17.0 Å². The van der Waals surface area contributed by atoms with Crippen LogP contribution < -0.4 is 0 Å². The predicted molar refractivity (Wildman–Crippen MR) is 80.5 cm³/mol. The molecule has 20 heavy (non-hydrogen) atoms. The Balaban J connectivity index is 2.30. The summed E-state index contributed by atoms with van der Waals surface area (Å²) in [5.41, 5.74) is 5.25. The van der Waals surface area contributed by atoms with Crippen molar-refractivity contribution in [2.75, 3.05) is 0 Å². The molecule has 0 atom stereocenters. The van der Waals surface area contributed by atoms with Crippen LogP contribution in [0.1, 0.15) is 21.6 Å². The van der Waals surface area contributed by atoms with Crippen molar-refractivity contribution in [1.29, 1.82) is 0 Å². The van der Waals surface area contributed by atoms with Gasteiger partial charge in [0.25, 0.3) is 0 Å². The molecule has 0 saturated carbocycles. The average Bonchev–Trinajstić information content (AvgIpc) is 2.79. The van der Waals surface area contributed by atoms with E-state index < -0.39 is 0 Å². The molecular weight excluding hydrogens is 272 g/mol. The van der Waals surface area contributed by atoms with Gasteiger partial charge < -0.3 is 0 Å². The van der Waals surface area contributed by atoms with Crippen LogP contribution in [-0.2, 0) is 0 Å². The number of aryl methyl sites for hydroxylation is 2. The Morgan fingerprint density at radius 1 is 1.15 bits per heavy atom. The van der Waals surface area contributed by atoms with Crippen LogP contribution in [0.3, 0.4) is 0 Å². The summed E-state index contributed by atoms with van der Waals surface area (Å²) in [6.07, 6.45) is 2.53. The van der Waals surface area contributed by atoms with Gasteiger partial charge in [-0.25, -0.2) is 4.98 Å². The summed E-state index contributed by atoms with van der Waals surface area (Å²) in [6, 6.07) is 9.64. The van der Waals surface area contributed by atoms with Gasteiger partial charge in [-0.05, 0) is 43.2 Å². The van der Waals surface area contributed by atoms with Crippen LogP contribution in [0.2, 0.25) is 5.02 Å². The molecule has 100 valence electrons. The fourth-order valence-electron chi connectivity index (χ4n) is 2.25. The highest BCUT2D eigenvalue weighted by Gasteiger charge is 2.14. The number of rotatable bonds is 2. The monoisotopic (exact) mass is 284 g/mol. The molecular formula is C16H13ClN2O. The van der Waals surface area contributed by atoms with E-state index in [0.29, 0.717) is 22.1 Å². The van der Waals surface area contributed by atoms with Crippen LogP contribution >= 0.6 is 11.6 Å². The highest BCUT2D eigenvalue weighted by atomic mass is 35.5. The van der Waals surface area contributed by atoms with Gasteiger partial charge in [0.05, 0.1) is 5.02 Å². The van der Waals surface area contributed by atoms with Gasteiger partial charge in [0, 0.05) is 11.8 Å². The van der Waals surface area contributed by atoms with Crippen LogP contribution in [0.15, 0.2) is 36.5 Å². The lowest BCUT2D eigenvalue weighted by atomic mass is 10.0. The SMILES string of the molecule is Cc1ccc(-c2nc3ccc(Cl)cn3c2C=O)cc1C. The molecule has 0 amide bonds. The summed E-state index contributed by atoms with van der Waals surface area (Å²) in [6.45, 7) is 4.11. The number of aromatic nitrogens is 2. The number of fused-ring (bicyclic) bond motifs is 1. The standard InChI is InChI=1S/C16H13ClN2O/c1-10-3-4-12(7-11(10)2)16-14(9-20)19-8-13(17)5-6-15(19)18-16/h3-9H,1-2H3. The molecule has 3 nitrogen and oxygen atoms in total. The van der Waals surface area contributed by atoms with E-state index in [0.717, 1.165) is 11.8 Å². The lowest BCUT2D eigenvalue weighted by Gasteiger charge is -2.03. The van der Waals surface area contributed by atoms with E-state index in [9.17, 15) is 4.79 Å². The molecule has 0 aliphatic carbocycles. The zero-order valence-corrected chi connectivity index (χ0v) is 12.0. The maximum absolute atomic E-state index is 11.4. The molecule has 3 rings (SSSR count). The molecule has 0 N–H and O–H groups in total. The molecule has 0 bridgehead atoms. The molecule has 0 saturated heterocycles. The van der Waals surface area contributed by atoms with Gasteiger partial charge in [-0.1, -0.05) is 23.7 Å². The summed E-state index contributed by atoms with van der Waals surface area (Å²) < 4.78 is 1.72. The Morgan fingerprint density at radius 3 is 2.65 bits per heavy atom. The normalized spacial score (nSPS) is 10.9. The smallest absolute Gasteiger partial charge is 0.169 e. The first kappa shape index (κ1) is 12.9. The number of benzene rings is 1. The predicted octanol–water partition coefficient (Wildman–Crippen LogP) is 4.08. The van der Waals surface area contributed by atoms with Crippen LogP contribution in [0, 0.1) is 13.8 Å². The zero-order chi connectivity index (χ0) is 14.3. The van der Waals surface area contributed by atoms with E-state index in [1.807, 2.05) is 25.1 Å². The average molecular weight is 285 g/mol. The minimum absolute atomic E-state index is 0.519. The highest BCUT2D eigenvalue weighted by molar-refractivity contribution is 6.30. The molecule has 1 aromatic carbocycles. The van der Waals surface area contributed by atoms with Crippen molar-refractivity contribution in [3.05, 3.63) is 58.4 Å². The Hall–Kier alpha value is -2.13. The molecule has 0 aliphatic rings. The summed E-state index contributed by atoms with van der Waals surface area (Å²) in [4.78, 5) is 16.0. The van der Waals surface area contributed by atoms with Gasteiger partial charge in [0.2, 0.25) is 0 Å². The summed E-state index contributed by atoms with van der Waals surface area (Å²) in [5, 5.41) is 0.574. The van der Waals surface area contributed by atoms with Crippen molar-refractivity contribution in [3.8, 4) is 11.3 Å². The second kappa shape index (κ2) is 4.76. The zero-order valence-electron chi connectivity index (χ0n) is 11.2. The summed E-state index contributed by atoms with van der Waals surface area (Å²) in [7, 11) is 0. The van der Waals surface area contributed by atoms with E-state index in [4.69, 9.17) is 11.6 Å². The lowest BCUT2D eigenvalue weighted by Crippen LogP contribution is -1.92. The highest BCUT2D eigenvalue weighted by Crippen LogP contribution is 2.26. The maximum atomic E-state index is 11.4. The van der Waals surface area contributed by atoms with Crippen molar-refractivity contribution in [2.24, 2.45) is 0 Å². The van der Waals surface area contributed by atoms with Gasteiger partial charge in [-0.15, -0.1) is 0 Å². The molecule has 0 fully saturated rings. The Bertz CT molecular complexity index is 821. The number of carbonyl (C=O) groups is 1. The lowest BCUT2D eigenvalue weighted by molar-refractivity contribution is 0.111. The minimum atomic E-state index is 0.519. The Morgan fingerprint density at radius 2 is 1.95 bits per heavy atom. The number of pyridine rings is 1. The number of halogens is 1. The van der Waals surface area contributed by atoms with Crippen LogP contribution in [0.25, 0.3) is 16.9 Å². The number of aldehydes is 1. The van der Waals surface area contributed by atoms with Crippen LogP contribution in [0.4, 0.5) is 0 Å². The number of imidazole rings is 1. The van der Waals surface area contributed by atoms with Gasteiger partial charge in [-0.2, -0.15) is 0 Å². The molecule has 0 unspecified atom stereocenters. The Kier molecular flexibility index (Phi) is 3.07. The third-order valence-corrected chi connectivity index (χ3v) is 3.73.